The van der Waals surface area contributed by atoms with Gasteiger partial charge in [-0.05, 0) is 60.7 Å². The molecule has 0 saturated carbocycles. The van der Waals surface area contributed by atoms with E-state index in [1.165, 1.54) is 34.6 Å². The number of hydrogen-bond donors (Lipinski definition) is 1. The van der Waals surface area contributed by atoms with Gasteiger partial charge < -0.3 is 24.6 Å². The van der Waals surface area contributed by atoms with Crippen molar-refractivity contribution in [2.24, 2.45) is 0 Å². The van der Waals surface area contributed by atoms with Gasteiger partial charge in [0, 0.05) is 36.8 Å². The topological polar surface area (TPSA) is 54.0 Å². The van der Waals surface area contributed by atoms with Crippen LogP contribution in [-0.4, -0.2) is 64.3 Å². The zero-order chi connectivity index (χ0) is 21.8. The molecule has 0 bridgehead atoms. The molecule has 0 aromatic heterocycles. The molecular formula is C25H31N3O3S. The Morgan fingerprint density at radius 2 is 1.59 bits per heavy atom. The van der Waals surface area contributed by atoms with E-state index in [0.29, 0.717) is 19.0 Å². The van der Waals surface area contributed by atoms with Crippen LogP contribution >= 0.6 is 11.8 Å². The number of carbonyl (C=O) groups excluding carboxylic acids is 1. The molecule has 0 spiro atoms. The van der Waals surface area contributed by atoms with Crippen LogP contribution in [0.1, 0.15) is 17.5 Å². The van der Waals surface area contributed by atoms with Crippen molar-refractivity contribution < 1.29 is 14.3 Å². The molecule has 5 rings (SSSR count). The second kappa shape index (κ2) is 10.1. The van der Waals surface area contributed by atoms with Crippen LogP contribution in [0.2, 0.25) is 0 Å². The second-order valence-electron chi connectivity index (χ2n) is 8.52. The van der Waals surface area contributed by atoms with E-state index in [9.17, 15) is 4.79 Å². The standard InChI is InChI=1S/C25H31N3O3S/c29-25(18-32-22-6-4-19-2-1-3-20(19)16-22)26-23-7-5-21(27-8-12-30-13-9-27)17-24(23)28-10-14-31-15-11-28/h4-7,16-17H,1-3,8-15,18H2,(H,26,29). The Labute approximate surface area is 194 Å². The Morgan fingerprint density at radius 3 is 2.38 bits per heavy atom. The Morgan fingerprint density at radius 1 is 0.875 bits per heavy atom. The summed E-state index contributed by atoms with van der Waals surface area (Å²) in [6.07, 6.45) is 3.59. The number of morpholine rings is 2. The molecule has 1 aliphatic carbocycles. The van der Waals surface area contributed by atoms with Crippen LogP contribution in [-0.2, 0) is 27.1 Å². The SMILES string of the molecule is O=C(CSc1ccc2c(c1)CCC2)Nc1ccc(N2CCOCC2)cc1N1CCOCC1. The molecule has 7 heteroatoms. The average Bonchev–Trinajstić information content (AvgIpc) is 3.32. The normalized spacial score (nSPS) is 18.5. The van der Waals surface area contributed by atoms with E-state index in [1.54, 1.807) is 11.8 Å². The Hall–Kier alpha value is -2.22. The van der Waals surface area contributed by atoms with Gasteiger partial charge in [-0.3, -0.25) is 4.79 Å². The van der Waals surface area contributed by atoms with E-state index in [2.05, 4.69) is 45.4 Å². The number of nitrogens with zero attached hydrogens (tertiary/aromatic N) is 2. The van der Waals surface area contributed by atoms with Gasteiger partial charge in [-0.1, -0.05) is 6.07 Å². The minimum absolute atomic E-state index is 0.0316. The molecule has 2 aliphatic heterocycles. The number of anilines is 3. The number of aryl methyl sites for hydroxylation is 2. The smallest absolute Gasteiger partial charge is 0.234 e. The lowest BCUT2D eigenvalue weighted by molar-refractivity contribution is -0.113. The summed E-state index contributed by atoms with van der Waals surface area (Å²) in [7, 11) is 0. The zero-order valence-electron chi connectivity index (χ0n) is 18.5. The van der Waals surface area contributed by atoms with Crippen molar-refractivity contribution in [1.82, 2.24) is 0 Å². The lowest BCUT2D eigenvalue weighted by atomic mass is 10.1. The molecule has 6 nitrogen and oxygen atoms in total. The third kappa shape index (κ3) is 5.05. The van der Waals surface area contributed by atoms with Gasteiger partial charge in [-0.2, -0.15) is 0 Å². The van der Waals surface area contributed by atoms with E-state index < -0.39 is 0 Å². The molecule has 0 unspecified atom stereocenters. The highest BCUT2D eigenvalue weighted by molar-refractivity contribution is 8.00. The van der Waals surface area contributed by atoms with Crippen LogP contribution in [0.3, 0.4) is 0 Å². The van der Waals surface area contributed by atoms with Crippen molar-refractivity contribution in [2.75, 3.05) is 73.5 Å². The fourth-order valence-electron chi connectivity index (χ4n) is 4.68. The third-order valence-corrected chi connectivity index (χ3v) is 7.42. The molecule has 0 atom stereocenters. The first-order valence-corrected chi connectivity index (χ1v) is 12.6. The quantitative estimate of drug-likeness (QED) is 0.675. The predicted molar refractivity (Wildman–Crippen MR) is 130 cm³/mol. The van der Waals surface area contributed by atoms with Crippen LogP contribution in [0.25, 0.3) is 0 Å². The maximum Gasteiger partial charge on any atom is 0.234 e. The van der Waals surface area contributed by atoms with E-state index in [1.807, 2.05) is 6.07 Å². The van der Waals surface area contributed by atoms with Crippen LogP contribution in [0, 0.1) is 0 Å². The lowest BCUT2D eigenvalue weighted by Crippen LogP contribution is -2.38. The molecule has 170 valence electrons. The van der Waals surface area contributed by atoms with Crippen molar-refractivity contribution >= 4 is 34.7 Å². The number of nitrogens with one attached hydrogen (secondary N) is 1. The van der Waals surface area contributed by atoms with Crippen LogP contribution < -0.4 is 15.1 Å². The van der Waals surface area contributed by atoms with Crippen molar-refractivity contribution in [3.05, 3.63) is 47.5 Å². The Kier molecular flexibility index (Phi) is 6.86. The summed E-state index contributed by atoms with van der Waals surface area (Å²) < 4.78 is 11.1. The maximum atomic E-state index is 12.8. The molecule has 32 heavy (non-hydrogen) atoms. The van der Waals surface area contributed by atoms with Crippen molar-refractivity contribution in [3.63, 3.8) is 0 Å². The minimum Gasteiger partial charge on any atom is -0.378 e. The average molecular weight is 454 g/mol. The van der Waals surface area contributed by atoms with E-state index in [0.717, 1.165) is 57.2 Å². The molecular weight excluding hydrogens is 422 g/mol. The largest absolute Gasteiger partial charge is 0.378 e. The number of amides is 1. The lowest BCUT2D eigenvalue weighted by Gasteiger charge is -2.33. The van der Waals surface area contributed by atoms with E-state index >= 15 is 0 Å². The fourth-order valence-corrected chi connectivity index (χ4v) is 5.44. The van der Waals surface area contributed by atoms with Crippen molar-refractivity contribution in [2.45, 2.75) is 24.2 Å². The Balaban J connectivity index is 1.28. The molecule has 2 fully saturated rings. The van der Waals surface area contributed by atoms with Crippen molar-refractivity contribution in [1.29, 1.82) is 0 Å². The first-order chi connectivity index (χ1) is 15.8. The number of ether oxygens (including phenoxy) is 2. The highest BCUT2D eigenvalue weighted by Crippen LogP contribution is 2.33. The first kappa shape index (κ1) is 21.6. The highest BCUT2D eigenvalue weighted by Gasteiger charge is 2.20. The van der Waals surface area contributed by atoms with Gasteiger partial charge in [0.25, 0.3) is 0 Å². The van der Waals surface area contributed by atoms with Crippen molar-refractivity contribution in [3.8, 4) is 0 Å². The molecule has 3 aliphatic rings. The summed E-state index contributed by atoms with van der Waals surface area (Å²) in [6.45, 7) is 6.39. The molecule has 1 amide bonds. The van der Waals surface area contributed by atoms with E-state index in [4.69, 9.17) is 9.47 Å². The van der Waals surface area contributed by atoms with Crippen LogP contribution in [0.4, 0.5) is 17.1 Å². The number of rotatable bonds is 6. The summed E-state index contributed by atoms with van der Waals surface area (Å²) >= 11 is 1.61. The zero-order valence-corrected chi connectivity index (χ0v) is 19.3. The molecule has 2 heterocycles. The molecule has 2 aromatic carbocycles. The third-order valence-electron chi connectivity index (χ3n) is 6.42. The van der Waals surface area contributed by atoms with Gasteiger partial charge in [0.2, 0.25) is 5.91 Å². The number of benzene rings is 2. The summed E-state index contributed by atoms with van der Waals surface area (Å²) in [5, 5.41) is 3.18. The monoisotopic (exact) mass is 453 g/mol. The van der Waals surface area contributed by atoms with Gasteiger partial charge in [-0.15, -0.1) is 11.8 Å². The van der Waals surface area contributed by atoms with Gasteiger partial charge >= 0.3 is 0 Å². The highest BCUT2D eigenvalue weighted by atomic mass is 32.2. The minimum atomic E-state index is 0.0316. The van der Waals surface area contributed by atoms with Crippen LogP contribution in [0.5, 0.6) is 0 Å². The molecule has 2 saturated heterocycles. The number of carbonyl (C=O) groups is 1. The second-order valence-corrected chi connectivity index (χ2v) is 9.57. The van der Waals surface area contributed by atoms with Gasteiger partial charge in [0.05, 0.1) is 43.6 Å². The van der Waals surface area contributed by atoms with E-state index in [-0.39, 0.29) is 5.91 Å². The van der Waals surface area contributed by atoms with Gasteiger partial charge in [0.1, 0.15) is 0 Å². The van der Waals surface area contributed by atoms with Crippen LogP contribution in [0.15, 0.2) is 41.3 Å². The number of hydrogen-bond acceptors (Lipinski definition) is 6. The summed E-state index contributed by atoms with van der Waals surface area (Å²) in [4.78, 5) is 18.7. The van der Waals surface area contributed by atoms with Gasteiger partial charge in [0.15, 0.2) is 0 Å². The number of fused-ring (bicyclic) bond motifs is 1. The maximum absolute atomic E-state index is 12.8. The number of thioether (sulfide) groups is 1. The fraction of sp³-hybridized carbons (Fsp3) is 0.480. The molecule has 1 N–H and O–H groups in total. The first-order valence-electron chi connectivity index (χ1n) is 11.6. The molecule has 0 radical (unpaired) electrons. The predicted octanol–water partition coefficient (Wildman–Crippen LogP) is 3.58. The molecule has 2 aromatic rings. The summed E-state index contributed by atoms with van der Waals surface area (Å²) in [5.74, 6) is 0.441. The summed E-state index contributed by atoms with van der Waals surface area (Å²) in [6, 6.07) is 13.0. The Bertz CT molecular complexity index is 955. The van der Waals surface area contributed by atoms with Gasteiger partial charge in [-0.25, -0.2) is 0 Å². The summed E-state index contributed by atoms with van der Waals surface area (Å²) in [5.41, 5.74) is 6.05.